The largest absolute Gasteiger partial charge is 0.481 e. The summed E-state index contributed by atoms with van der Waals surface area (Å²) >= 11 is 0. The van der Waals surface area contributed by atoms with Gasteiger partial charge in [-0.1, -0.05) is 18.2 Å². The van der Waals surface area contributed by atoms with E-state index in [9.17, 15) is 13.6 Å². The normalized spacial score (nSPS) is 19.6. The first kappa shape index (κ1) is 10.1. The number of hydrogen-bond acceptors (Lipinski definition) is 1. The Morgan fingerprint density at radius 1 is 1.40 bits per heavy atom. The fourth-order valence-corrected chi connectivity index (χ4v) is 1.69. The minimum Gasteiger partial charge on any atom is -0.481 e. The van der Waals surface area contributed by atoms with Crippen LogP contribution in [0.5, 0.6) is 0 Å². The minimum absolute atomic E-state index is 0.155. The van der Waals surface area contributed by atoms with Crippen LogP contribution in [0, 0.1) is 11.2 Å². The average Bonchev–Trinajstić information content (AvgIpc) is 2.98. The summed E-state index contributed by atoms with van der Waals surface area (Å²) in [4.78, 5) is 10.8. The number of alkyl halides is 1. The van der Waals surface area contributed by atoms with Crippen LogP contribution in [0.3, 0.4) is 0 Å². The van der Waals surface area contributed by atoms with E-state index in [2.05, 4.69) is 0 Å². The van der Waals surface area contributed by atoms with Gasteiger partial charge in [0.25, 0.3) is 0 Å². The van der Waals surface area contributed by atoms with Crippen LogP contribution in [-0.4, -0.2) is 11.1 Å². The molecular formula is C11H10F2O2. The molecule has 0 radical (unpaired) electrons. The fraction of sp³-hybridized carbons (Fsp3) is 0.364. The Hall–Kier alpha value is -1.45. The highest BCUT2D eigenvalue weighted by atomic mass is 19.1. The van der Waals surface area contributed by atoms with Gasteiger partial charge in [0, 0.05) is 5.56 Å². The zero-order chi connectivity index (χ0) is 11.1. The zero-order valence-electron chi connectivity index (χ0n) is 7.91. The van der Waals surface area contributed by atoms with E-state index in [1.54, 1.807) is 0 Å². The molecule has 0 amide bonds. The molecule has 1 fully saturated rings. The van der Waals surface area contributed by atoms with E-state index in [4.69, 9.17) is 5.11 Å². The maximum Gasteiger partial charge on any atom is 0.312 e. The third-order valence-corrected chi connectivity index (χ3v) is 2.88. The first-order valence-electron chi connectivity index (χ1n) is 4.70. The number of carboxylic acids is 1. The van der Waals surface area contributed by atoms with Crippen LogP contribution in [0.25, 0.3) is 0 Å². The number of rotatable bonds is 3. The summed E-state index contributed by atoms with van der Waals surface area (Å²) in [6, 6.07) is 5.39. The lowest BCUT2D eigenvalue weighted by atomic mass is 9.94. The predicted octanol–water partition coefficient (Wildman–Crippen LogP) is 2.70. The molecule has 1 saturated carbocycles. The molecule has 15 heavy (non-hydrogen) atoms. The van der Waals surface area contributed by atoms with Crippen LogP contribution in [0.15, 0.2) is 24.3 Å². The highest BCUT2D eigenvalue weighted by molar-refractivity contribution is 5.79. The van der Waals surface area contributed by atoms with Gasteiger partial charge in [0.15, 0.2) is 0 Å². The molecule has 0 saturated heterocycles. The summed E-state index contributed by atoms with van der Waals surface area (Å²) in [6.07, 6.45) is -1.20. The summed E-state index contributed by atoms with van der Waals surface area (Å²) in [7, 11) is 0. The van der Waals surface area contributed by atoms with E-state index in [1.165, 1.54) is 18.2 Å². The van der Waals surface area contributed by atoms with Crippen molar-refractivity contribution in [2.75, 3.05) is 0 Å². The minimum atomic E-state index is -1.75. The molecular weight excluding hydrogens is 202 g/mol. The van der Waals surface area contributed by atoms with Crippen molar-refractivity contribution in [1.82, 2.24) is 0 Å². The number of halogens is 2. The third-order valence-electron chi connectivity index (χ3n) is 2.88. The summed E-state index contributed by atoms with van der Waals surface area (Å²) < 4.78 is 27.1. The van der Waals surface area contributed by atoms with E-state index < -0.39 is 23.4 Å². The lowest BCUT2D eigenvalue weighted by Crippen LogP contribution is -2.21. The Morgan fingerprint density at radius 3 is 2.47 bits per heavy atom. The molecule has 1 N–H and O–H groups in total. The van der Waals surface area contributed by atoms with Gasteiger partial charge in [0.1, 0.15) is 17.4 Å². The van der Waals surface area contributed by atoms with Gasteiger partial charge in [-0.25, -0.2) is 8.78 Å². The number of aliphatic carboxylic acids is 1. The zero-order valence-corrected chi connectivity index (χ0v) is 7.91. The second kappa shape index (κ2) is 3.29. The molecule has 1 aliphatic rings. The lowest BCUT2D eigenvalue weighted by Gasteiger charge is -2.16. The Balaban J connectivity index is 2.33. The van der Waals surface area contributed by atoms with Gasteiger partial charge >= 0.3 is 5.97 Å². The Labute approximate surface area is 85.5 Å². The highest BCUT2D eigenvalue weighted by Crippen LogP contribution is 2.57. The standard InChI is InChI=1S/C11H10F2O2/c12-8-4-2-1-3-7(8)9(13)11(5-6-11)10(14)15/h1-4,9H,5-6H2,(H,14,15). The van der Waals surface area contributed by atoms with Gasteiger partial charge in [-0.3, -0.25) is 4.79 Å². The smallest absolute Gasteiger partial charge is 0.312 e. The topological polar surface area (TPSA) is 37.3 Å². The van der Waals surface area contributed by atoms with Crippen molar-refractivity contribution in [3.8, 4) is 0 Å². The second-order valence-corrected chi connectivity index (χ2v) is 3.85. The maximum atomic E-state index is 13.9. The van der Waals surface area contributed by atoms with Gasteiger partial charge in [0.05, 0.1) is 0 Å². The molecule has 0 aromatic heterocycles. The van der Waals surface area contributed by atoms with E-state index in [1.807, 2.05) is 0 Å². The van der Waals surface area contributed by atoms with Crippen molar-refractivity contribution >= 4 is 5.97 Å². The monoisotopic (exact) mass is 212 g/mol. The van der Waals surface area contributed by atoms with E-state index in [0.29, 0.717) is 0 Å². The molecule has 1 aromatic carbocycles. The molecule has 0 spiro atoms. The van der Waals surface area contributed by atoms with Crippen LogP contribution >= 0.6 is 0 Å². The van der Waals surface area contributed by atoms with Crippen molar-refractivity contribution in [3.05, 3.63) is 35.6 Å². The highest BCUT2D eigenvalue weighted by Gasteiger charge is 2.58. The van der Waals surface area contributed by atoms with Crippen LogP contribution in [0.1, 0.15) is 24.6 Å². The summed E-state index contributed by atoms with van der Waals surface area (Å²) in [6.45, 7) is 0. The summed E-state index contributed by atoms with van der Waals surface area (Å²) in [5, 5.41) is 8.86. The predicted molar refractivity (Wildman–Crippen MR) is 49.6 cm³/mol. The van der Waals surface area contributed by atoms with E-state index in [0.717, 1.165) is 6.07 Å². The first-order chi connectivity index (χ1) is 7.08. The van der Waals surface area contributed by atoms with Crippen LogP contribution in [0.4, 0.5) is 8.78 Å². The third kappa shape index (κ3) is 1.50. The molecule has 2 nitrogen and oxygen atoms in total. The molecule has 1 atom stereocenters. The maximum absolute atomic E-state index is 13.9. The molecule has 4 heteroatoms. The molecule has 1 aromatic rings. The number of benzene rings is 1. The van der Waals surface area contributed by atoms with Crippen molar-refractivity contribution in [1.29, 1.82) is 0 Å². The quantitative estimate of drug-likeness (QED) is 0.836. The number of hydrogen-bond donors (Lipinski definition) is 1. The lowest BCUT2D eigenvalue weighted by molar-refractivity contribution is -0.146. The Morgan fingerprint density at radius 2 is 2.00 bits per heavy atom. The van der Waals surface area contributed by atoms with Crippen LogP contribution < -0.4 is 0 Å². The van der Waals surface area contributed by atoms with Crippen LogP contribution in [-0.2, 0) is 4.79 Å². The average molecular weight is 212 g/mol. The fourth-order valence-electron chi connectivity index (χ4n) is 1.69. The van der Waals surface area contributed by atoms with Gasteiger partial charge in [-0.15, -0.1) is 0 Å². The molecule has 2 rings (SSSR count). The summed E-state index contributed by atoms with van der Waals surface area (Å²) in [5.74, 6) is -1.87. The van der Waals surface area contributed by atoms with Gasteiger partial charge in [0.2, 0.25) is 0 Å². The van der Waals surface area contributed by atoms with Crippen molar-refractivity contribution < 1.29 is 18.7 Å². The van der Waals surface area contributed by atoms with Gasteiger partial charge in [-0.05, 0) is 18.9 Å². The summed E-state index contributed by atoms with van der Waals surface area (Å²) in [5.41, 5.74) is -1.54. The molecule has 1 aliphatic carbocycles. The van der Waals surface area contributed by atoms with Gasteiger partial charge < -0.3 is 5.11 Å². The molecule has 80 valence electrons. The molecule has 0 bridgehead atoms. The number of carboxylic acid groups (broad SMARTS) is 1. The van der Waals surface area contributed by atoms with Crippen molar-refractivity contribution in [3.63, 3.8) is 0 Å². The second-order valence-electron chi connectivity index (χ2n) is 3.85. The number of carbonyl (C=O) groups is 1. The molecule has 1 unspecified atom stereocenters. The molecule has 0 aliphatic heterocycles. The van der Waals surface area contributed by atoms with Crippen LogP contribution in [0.2, 0.25) is 0 Å². The Kier molecular flexibility index (Phi) is 2.21. The van der Waals surface area contributed by atoms with E-state index >= 15 is 0 Å². The van der Waals surface area contributed by atoms with Crippen molar-refractivity contribution in [2.24, 2.45) is 5.41 Å². The Bertz CT molecular complexity index is 399. The van der Waals surface area contributed by atoms with Crippen molar-refractivity contribution in [2.45, 2.75) is 19.0 Å². The van der Waals surface area contributed by atoms with E-state index in [-0.39, 0.29) is 18.4 Å². The SMILES string of the molecule is O=C(O)C1(C(F)c2ccccc2F)CC1. The molecule has 0 heterocycles. The van der Waals surface area contributed by atoms with Gasteiger partial charge in [-0.2, -0.15) is 0 Å². The first-order valence-corrected chi connectivity index (χ1v) is 4.70.